The molecular formula is C9H9NO3. The molecule has 0 saturated heterocycles. The van der Waals surface area contributed by atoms with Gasteiger partial charge in [-0.3, -0.25) is 0 Å². The third-order valence-electron chi connectivity index (χ3n) is 1.89. The fraction of sp³-hybridized carbons (Fsp3) is 0.222. The van der Waals surface area contributed by atoms with Crippen LogP contribution in [0.25, 0.3) is 0 Å². The molecule has 0 fully saturated rings. The van der Waals surface area contributed by atoms with Crippen molar-refractivity contribution in [2.45, 2.75) is 6.42 Å². The first-order valence-electron chi connectivity index (χ1n) is 3.99. The zero-order chi connectivity index (χ0) is 9.26. The van der Waals surface area contributed by atoms with E-state index in [1.807, 2.05) is 6.07 Å². The second-order valence-corrected chi connectivity index (χ2v) is 2.79. The molecule has 68 valence electrons. The van der Waals surface area contributed by atoms with E-state index >= 15 is 0 Å². The second-order valence-electron chi connectivity index (χ2n) is 2.79. The van der Waals surface area contributed by atoms with Gasteiger partial charge < -0.3 is 15.2 Å². The van der Waals surface area contributed by atoms with E-state index in [4.69, 9.17) is 15.2 Å². The molecule has 2 N–H and O–H groups in total. The van der Waals surface area contributed by atoms with Gasteiger partial charge in [0.1, 0.15) is 11.5 Å². The highest BCUT2D eigenvalue weighted by molar-refractivity contribution is 5.68. The number of carbonyl (C=O) groups excluding carboxylic acids is 1. The molecule has 0 spiro atoms. The number of ether oxygens (including phenoxy) is 2. The van der Waals surface area contributed by atoms with Crippen LogP contribution in [-0.4, -0.2) is 12.7 Å². The molecule has 1 aliphatic heterocycles. The Morgan fingerprint density at radius 2 is 2.38 bits per heavy atom. The molecular weight excluding hydrogens is 170 g/mol. The average molecular weight is 179 g/mol. The summed E-state index contributed by atoms with van der Waals surface area (Å²) in [5.74, 6) is 1.20. The number of amides is 1. The van der Waals surface area contributed by atoms with Crippen LogP contribution in [0.1, 0.15) is 5.56 Å². The quantitative estimate of drug-likeness (QED) is 0.701. The Morgan fingerprint density at radius 3 is 3.15 bits per heavy atom. The predicted octanol–water partition coefficient (Wildman–Crippen LogP) is 1.08. The van der Waals surface area contributed by atoms with Crippen molar-refractivity contribution in [1.29, 1.82) is 0 Å². The Morgan fingerprint density at radius 1 is 1.54 bits per heavy atom. The standard InChI is InChI=1S/C9H9NO3/c10-9(11)13-7-2-1-6-3-4-12-8(6)5-7/h1-2,5H,3-4H2,(H2,10,11). The third-order valence-corrected chi connectivity index (χ3v) is 1.89. The van der Waals surface area contributed by atoms with Crippen LogP contribution in [0, 0.1) is 0 Å². The number of rotatable bonds is 1. The molecule has 2 rings (SSSR count). The summed E-state index contributed by atoms with van der Waals surface area (Å²) in [6, 6.07) is 5.26. The minimum absolute atomic E-state index is 0.424. The van der Waals surface area contributed by atoms with Gasteiger partial charge in [0.05, 0.1) is 6.61 Å². The molecule has 1 aromatic carbocycles. The molecule has 0 atom stereocenters. The largest absolute Gasteiger partial charge is 0.493 e. The van der Waals surface area contributed by atoms with E-state index in [2.05, 4.69) is 0 Å². The molecule has 1 aliphatic rings. The van der Waals surface area contributed by atoms with Gasteiger partial charge in [0.15, 0.2) is 0 Å². The second kappa shape index (κ2) is 2.97. The topological polar surface area (TPSA) is 61.6 Å². The third kappa shape index (κ3) is 1.56. The lowest BCUT2D eigenvalue weighted by atomic mass is 10.2. The summed E-state index contributed by atoms with van der Waals surface area (Å²) in [5, 5.41) is 0. The number of carbonyl (C=O) groups is 1. The number of hydrogen-bond donors (Lipinski definition) is 1. The molecule has 0 aromatic heterocycles. The molecule has 1 amide bonds. The highest BCUT2D eigenvalue weighted by atomic mass is 16.5. The summed E-state index contributed by atoms with van der Waals surface area (Å²) < 4.78 is 9.99. The van der Waals surface area contributed by atoms with Gasteiger partial charge in [-0.25, -0.2) is 4.79 Å². The summed E-state index contributed by atoms with van der Waals surface area (Å²) in [6.07, 6.45) is 0.101. The minimum Gasteiger partial charge on any atom is -0.493 e. The smallest absolute Gasteiger partial charge is 0.409 e. The number of nitrogens with two attached hydrogens (primary N) is 1. The van der Waals surface area contributed by atoms with Crippen LogP contribution < -0.4 is 15.2 Å². The van der Waals surface area contributed by atoms with Crippen molar-refractivity contribution in [2.24, 2.45) is 5.73 Å². The predicted molar refractivity (Wildman–Crippen MR) is 45.9 cm³/mol. The van der Waals surface area contributed by atoms with Crippen LogP contribution in [0.15, 0.2) is 18.2 Å². The van der Waals surface area contributed by atoms with E-state index < -0.39 is 6.09 Å². The van der Waals surface area contributed by atoms with Gasteiger partial charge in [0, 0.05) is 12.5 Å². The Labute approximate surface area is 75.2 Å². The summed E-state index contributed by atoms with van der Waals surface area (Å²) in [5.41, 5.74) is 6.00. The SMILES string of the molecule is NC(=O)Oc1ccc2c(c1)OCC2. The summed E-state index contributed by atoms with van der Waals surface area (Å²) in [7, 11) is 0. The zero-order valence-electron chi connectivity index (χ0n) is 6.95. The highest BCUT2D eigenvalue weighted by Gasteiger charge is 2.12. The fourth-order valence-electron chi connectivity index (χ4n) is 1.33. The van der Waals surface area contributed by atoms with Crippen molar-refractivity contribution < 1.29 is 14.3 Å². The molecule has 13 heavy (non-hydrogen) atoms. The van der Waals surface area contributed by atoms with Crippen LogP contribution in [0.2, 0.25) is 0 Å². The number of primary amides is 1. The van der Waals surface area contributed by atoms with Gasteiger partial charge >= 0.3 is 6.09 Å². The van der Waals surface area contributed by atoms with Crippen LogP contribution in [0.5, 0.6) is 11.5 Å². The van der Waals surface area contributed by atoms with Crippen molar-refractivity contribution in [2.75, 3.05) is 6.61 Å². The lowest BCUT2D eigenvalue weighted by Gasteiger charge is -2.02. The fourth-order valence-corrected chi connectivity index (χ4v) is 1.33. The number of hydrogen-bond acceptors (Lipinski definition) is 3. The molecule has 0 bridgehead atoms. The maximum Gasteiger partial charge on any atom is 0.409 e. The van der Waals surface area contributed by atoms with Crippen molar-refractivity contribution in [1.82, 2.24) is 0 Å². The van der Waals surface area contributed by atoms with Gasteiger partial charge in [-0.2, -0.15) is 0 Å². The van der Waals surface area contributed by atoms with Gasteiger partial charge in [-0.1, -0.05) is 6.07 Å². The first-order valence-corrected chi connectivity index (χ1v) is 3.99. The van der Waals surface area contributed by atoms with E-state index in [1.54, 1.807) is 12.1 Å². The highest BCUT2D eigenvalue weighted by Crippen LogP contribution is 2.29. The maximum absolute atomic E-state index is 10.4. The zero-order valence-corrected chi connectivity index (χ0v) is 6.95. The Bertz CT molecular complexity index is 349. The first kappa shape index (κ1) is 7.91. The van der Waals surface area contributed by atoms with Crippen molar-refractivity contribution in [3.63, 3.8) is 0 Å². The Hall–Kier alpha value is -1.71. The summed E-state index contributed by atoms with van der Waals surface area (Å²) in [4.78, 5) is 10.4. The normalized spacial score (nSPS) is 13.2. The van der Waals surface area contributed by atoms with E-state index in [9.17, 15) is 4.79 Å². The van der Waals surface area contributed by atoms with E-state index in [0.717, 1.165) is 17.7 Å². The van der Waals surface area contributed by atoms with Crippen LogP contribution in [0.4, 0.5) is 4.79 Å². The van der Waals surface area contributed by atoms with E-state index in [0.29, 0.717) is 12.4 Å². The van der Waals surface area contributed by atoms with Crippen LogP contribution in [0.3, 0.4) is 0 Å². The maximum atomic E-state index is 10.4. The molecule has 0 aliphatic carbocycles. The minimum atomic E-state index is -0.807. The molecule has 4 heteroatoms. The lowest BCUT2D eigenvalue weighted by Crippen LogP contribution is -2.16. The summed E-state index contributed by atoms with van der Waals surface area (Å²) in [6.45, 7) is 0.690. The van der Waals surface area contributed by atoms with Gasteiger partial charge in [0.25, 0.3) is 0 Å². The summed E-state index contributed by atoms with van der Waals surface area (Å²) >= 11 is 0. The number of fused-ring (bicyclic) bond motifs is 1. The Balaban J connectivity index is 2.25. The van der Waals surface area contributed by atoms with Crippen LogP contribution >= 0.6 is 0 Å². The average Bonchev–Trinajstić information content (AvgIpc) is 2.49. The monoisotopic (exact) mass is 179 g/mol. The first-order chi connectivity index (χ1) is 6.25. The van der Waals surface area contributed by atoms with Gasteiger partial charge in [-0.05, 0) is 11.6 Å². The number of benzene rings is 1. The Kier molecular flexibility index (Phi) is 1.81. The molecule has 0 saturated carbocycles. The van der Waals surface area contributed by atoms with Crippen LogP contribution in [-0.2, 0) is 6.42 Å². The van der Waals surface area contributed by atoms with Gasteiger partial charge in [-0.15, -0.1) is 0 Å². The molecule has 4 nitrogen and oxygen atoms in total. The van der Waals surface area contributed by atoms with Crippen molar-refractivity contribution in [3.8, 4) is 11.5 Å². The van der Waals surface area contributed by atoms with Gasteiger partial charge in [0.2, 0.25) is 0 Å². The molecule has 0 unspecified atom stereocenters. The lowest BCUT2D eigenvalue weighted by molar-refractivity contribution is 0.210. The van der Waals surface area contributed by atoms with Crippen molar-refractivity contribution >= 4 is 6.09 Å². The van der Waals surface area contributed by atoms with E-state index in [-0.39, 0.29) is 0 Å². The molecule has 0 radical (unpaired) electrons. The van der Waals surface area contributed by atoms with Crippen molar-refractivity contribution in [3.05, 3.63) is 23.8 Å². The van der Waals surface area contributed by atoms with E-state index in [1.165, 1.54) is 0 Å². The molecule has 1 aromatic rings. The molecule has 1 heterocycles.